The van der Waals surface area contributed by atoms with E-state index in [0.29, 0.717) is 23.1 Å². The highest BCUT2D eigenvalue weighted by Crippen LogP contribution is 2.28. The quantitative estimate of drug-likeness (QED) is 0.497. The summed E-state index contributed by atoms with van der Waals surface area (Å²) in [5.41, 5.74) is 5.20. The van der Waals surface area contributed by atoms with E-state index in [-0.39, 0.29) is 11.7 Å². The number of carbonyl (C=O) groups is 2. The fourth-order valence-electron chi connectivity index (χ4n) is 2.96. The minimum atomic E-state index is -0.405. The zero-order chi connectivity index (χ0) is 19.2. The van der Waals surface area contributed by atoms with Crippen molar-refractivity contribution in [1.82, 2.24) is 21.0 Å². The first-order chi connectivity index (χ1) is 13.0. The molecule has 10 heteroatoms. The van der Waals surface area contributed by atoms with Gasteiger partial charge in [0.25, 0.3) is 5.91 Å². The Bertz CT molecular complexity index is 798. The highest BCUT2D eigenvalue weighted by Gasteiger charge is 2.16. The van der Waals surface area contributed by atoms with Crippen molar-refractivity contribution in [3.05, 3.63) is 23.2 Å². The number of furan rings is 1. The Kier molecular flexibility index (Phi) is 6.73. The number of rotatable bonds is 6. The van der Waals surface area contributed by atoms with Gasteiger partial charge in [-0.1, -0.05) is 42.4 Å². The number of thioether (sulfide) groups is 1. The number of carbonyl (C=O) groups excluding carboxylic acids is 2. The Hall–Kier alpha value is -2.07. The number of nitrogens with zero attached hydrogens (tertiary/aromatic N) is 2. The average Bonchev–Trinajstić information content (AvgIpc) is 3.24. The molecule has 2 aromatic rings. The van der Waals surface area contributed by atoms with Gasteiger partial charge in [0.2, 0.25) is 11.0 Å². The zero-order valence-electron chi connectivity index (χ0n) is 15.3. The Balaban J connectivity index is 1.40. The molecule has 0 atom stereocenters. The maximum absolute atomic E-state index is 12.0. The smallest absolute Gasteiger partial charge is 0.273 e. The normalized spacial score (nSPS) is 14.7. The zero-order valence-corrected chi connectivity index (χ0v) is 17.0. The Morgan fingerprint density at radius 3 is 2.70 bits per heavy atom. The third-order valence-corrected chi connectivity index (χ3v) is 6.25. The molecular weight excluding hydrogens is 386 g/mol. The van der Waals surface area contributed by atoms with Gasteiger partial charge in [-0.05, 0) is 32.8 Å². The van der Waals surface area contributed by atoms with Crippen molar-refractivity contribution in [2.75, 3.05) is 11.1 Å². The minimum absolute atomic E-state index is 0.141. The number of amides is 2. The van der Waals surface area contributed by atoms with Crippen molar-refractivity contribution in [1.29, 1.82) is 0 Å². The van der Waals surface area contributed by atoms with E-state index in [0.717, 1.165) is 9.47 Å². The molecule has 146 valence electrons. The molecule has 0 spiro atoms. The summed E-state index contributed by atoms with van der Waals surface area (Å²) < 4.78 is 6.03. The molecule has 3 N–H and O–H groups in total. The monoisotopic (exact) mass is 409 g/mol. The molecule has 0 radical (unpaired) electrons. The number of anilines is 1. The highest BCUT2D eigenvalue weighted by molar-refractivity contribution is 8.01. The second kappa shape index (κ2) is 9.23. The number of hydrogen-bond donors (Lipinski definition) is 3. The lowest BCUT2D eigenvalue weighted by atomic mass is 9.96. The Morgan fingerprint density at radius 2 is 2.00 bits per heavy atom. The predicted molar refractivity (Wildman–Crippen MR) is 105 cm³/mol. The van der Waals surface area contributed by atoms with Gasteiger partial charge in [-0.3, -0.25) is 20.4 Å². The standard InChI is InChI=1S/C17H23N5O3S2/c1-10-8-13(11(2)25-10)15(24)20-19-14(23)9-26-17-22-21-16(27-17)18-12-6-4-3-5-7-12/h8,12H,3-7,9H2,1-2H3,(H,18,21)(H,19,23)(H,20,24). The van der Waals surface area contributed by atoms with Crippen LogP contribution in [-0.4, -0.2) is 33.8 Å². The van der Waals surface area contributed by atoms with Crippen LogP contribution in [0.15, 0.2) is 14.8 Å². The van der Waals surface area contributed by atoms with Gasteiger partial charge >= 0.3 is 0 Å². The van der Waals surface area contributed by atoms with Gasteiger partial charge in [-0.2, -0.15) is 0 Å². The molecule has 0 unspecified atom stereocenters. The van der Waals surface area contributed by atoms with E-state index < -0.39 is 5.91 Å². The minimum Gasteiger partial charge on any atom is -0.466 e. The first-order valence-electron chi connectivity index (χ1n) is 8.90. The molecule has 27 heavy (non-hydrogen) atoms. The largest absolute Gasteiger partial charge is 0.466 e. The van der Waals surface area contributed by atoms with Gasteiger partial charge in [0.15, 0.2) is 4.34 Å². The van der Waals surface area contributed by atoms with E-state index in [2.05, 4.69) is 26.4 Å². The van der Waals surface area contributed by atoms with Crippen LogP contribution in [0.5, 0.6) is 0 Å². The number of nitrogens with one attached hydrogen (secondary N) is 3. The average molecular weight is 410 g/mol. The molecule has 2 heterocycles. The summed E-state index contributed by atoms with van der Waals surface area (Å²) in [5.74, 6) is 0.580. The van der Waals surface area contributed by atoms with Crippen molar-refractivity contribution in [3.8, 4) is 0 Å². The number of aromatic nitrogens is 2. The van der Waals surface area contributed by atoms with Crippen molar-refractivity contribution < 1.29 is 14.0 Å². The van der Waals surface area contributed by atoms with Crippen molar-refractivity contribution in [2.24, 2.45) is 0 Å². The van der Waals surface area contributed by atoms with Crippen molar-refractivity contribution in [2.45, 2.75) is 56.3 Å². The van der Waals surface area contributed by atoms with Gasteiger partial charge in [-0.25, -0.2) is 0 Å². The Labute approximate surface area is 165 Å². The maximum Gasteiger partial charge on any atom is 0.273 e. The lowest BCUT2D eigenvalue weighted by molar-refractivity contribution is -0.119. The second-order valence-electron chi connectivity index (χ2n) is 6.47. The van der Waals surface area contributed by atoms with Crippen LogP contribution in [0.1, 0.15) is 54.0 Å². The molecule has 3 rings (SSSR count). The van der Waals surface area contributed by atoms with Gasteiger partial charge in [0.1, 0.15) is 11.5 Å². The molecule has 0 bridgehead atoms. The number of hydrazine groups is 1. The van der Waals surface area contributed by atoms with Crippen LogP contribution >= 0.6 is 23.1 Å². The van der Waals surface area contributed by atoms with E-state index in [1.54, 1.807) is 19.9 Å². The van der Waals surface area contributed by atoms with Crippen LogP contribution in [0, 0.1) is 13.8 Å². The lowest BCUT2D eigenvalue weighted by Gasteiger charge is -2.21. The summed E-state index contributed by atoms with van der Waals surface area (Å²) in [7, 11) is 0. The summed E-state index contributed by atoms with van der Waals surface area (Å²) in [6.07, 6.45) is 6.14. The third-order valence-electron chi connectivity index (χ3n) is 4.27. The SMILES string of the molecule is Cc1cc(C(=O)NNC(=O)CSc2nnc(NC3CCCCC3)s2)c(C)o1. The third kappa shape index (κ3) is 5.70. The van der Waals surface area contributed by atoms with E-state index in [9.17, 15) is 9.59 Å². The molecule has 2 aromatic heterocycles. The van der Waals surface area contributed by atoms with Gasteiger partial charge in [0.05, 0.1) is 11.3 Å². The fraction of sp³-hybridized carbons (Fsp3) is 0.529. The van der Waals surface area contributed by atoms with Crippen LogP contribution in [0.25, 0.3) is 0 Å². The highest BCUT2D eigenvalue weighted by atomic mass is 32.2. The van der Waals surface area contributed by atoms with Crippen LogP contribution in [0.3, 0.4) is 0 Å². The summed E-state index contributed by atoms with van der Waals surface area (Å²) >= 11 is 2.73. The molecule has 1 aliphatic carbocycles. The molecule has 8 nitrogen and oxygen atoms in total. The topological polar surface area (TPSA) is 109 Å². The first-order valence-corrected chi connectivity index (χ1v) is 10.7. The molecule has 0 aliphatic heterocycles. The van der Waals surface area contributed by atoms with Crippen LogP contribution < -0.4 is 16.2 Å². The summed E-state index contributed by atoms with van der Waals surface area (Å²) in [5, 5.41) is 12.5. The van der Waals surface area contributed by atoms with Crippen LogP contribution in [0.2, 0.25) is 0 Å². The van der Waals surface area contributed by atoms with Crippen molar-refractivity contribution in [3.63, 3.8) is 0 Å². The van der Waals surface area contributed by atoms with Gasteiger partial charge < -0.3 is 9.73 Å². The summed E-state index contributed by atoms with van der Waals surface area (Å²) in [6.45, 7) is 3.46. The van der Waals surface area contributed by atoms with Crippen LogP contribution in [-0.2, 0) is 4.79 Å². The first kappa shape index (κ1) is 19.7. The second-order valence-corrected chi connectivity index (χ2v) is 8.67. The van der Waals surface area contributed by atoms with Gasteiger partial charge in [-0.15, -0.1) is 10.2 Å². The molecule has 0 saturated heterocycles. The molecule has 1 saturated carbocycles. The predicted octanol–water partition coefficient (Wildman–Crippen LogP) is 3.05. The molecule has 1 aliphatic rings. The molecule has 2 amide bonds. The van der Waals surface area contributed by atoms with Gasteiger partial charge in [0, 0.05) is 6.04 Å². The van der Waals surface area contributed by atoms with E-state index >= 15 is 0 Å². The lowest BCUT2D eigenvalue weighted by Crippen LogP contribution is -2.42. The molecule has 0 aromatic carbocycles. The van der Waals surface area contributed by atoms with E-state index in [1.807, 2.05) is 0 Å². The Morgan fingerprint density at radius 1 is 1.22 bits per heavy atom. The fourth-order valence-corrected chi connectivity index (χ4v) is 4.59. The molecular formula is C17H23N5O3S2. The van der Waals surface area contributed by atoms with Crippen molar-refractivity contribution >= 4 is 40.0 Å². The number of aryl methyl sites for hydroxylation is 2. The van der Waals surface area contributed by atoms with E-state index in [4.69, 9.17) is 4.42 Å². The van der Waals surface area contributed by atoms with Crippen LogP contribution in [0.4, 0.5) is 5.13 Å². The summed E-state index contributed by atoms with van der Waals surface area (Å²) in [6, 6.07) is 2.10. The summed E-state index contributed by atoms with van der Waals surface area (Å²) in [4.78, 5) is 24.0. The van der Waals surface area contributed by atoms with E-state index in [1.165, 1.54) is 55.2 Å². The number of hydrogen-bond acceptors (Lipinski definition) is 8. The molecule has 1 fully saturated rings. The maximum atomic E-state index is 12.0.